The summed E-state index contributed by atoms with van der Waals surface area (Å²) in [6.45, 7) is 3.83. The van der Waals surface area contributed by atoms with Crippen molar-refractivity contribution in [2.75, 3.05) is 0 Å². The van der Waals surface area contributed by atoms with Crippen LogP contribution in [0, 0.1) is 5.41 Å². The highest BCUT2D eigenvalue weighted by Gasteiger charge is 2.36. The summed E-state index contributed by atoms with van der Waals surface area (Å²) in [5.74, 6) is -0.852. The van der Waals surface area contributed by atoms with Crippen molar-refractivity contribution in [1.82, 2.24) is 0 Å². The molecular weight excluding hydrogens is 292 g/mol. The monoisotopic (exact) mass is 312 g/mol. The summed E-state index contributed by atoms with van der Waals surface area (Å²) < 4.78 is 5.43. The zero-order valence-electron chi connectivity index (χ0n) is 12.4. The van der Waals surface area contributed by atoms with E-state index in [4.69, 9.17) is 21.4 Å². The Bertz CT molecular complexity index is 495. The first-order valence-electron chi connectivity index (χ1n) is 7.13. The zero-order valence-corrected chi connectivity index (χ0v) is 13.2. The molecule has 0 aliphatic rings. The largest absolute Gasteiger partial charge is 0.481 e. The van der Waals surface area contributed by atoms with Gasteiger partial charge in [-0.25, -0.2) is 0 Å². The zero-order chi connectivity index (χ0) is 15.9. The van der Waals surface area contributed by atoms with Crippen LogP contribution < -0.4 is 4.74 Å². The Morgan fingerprint density at radius 1 is 1.24 bits per heavy atom. The van der Waals surface area contributed by atoms with Crippen molar-refractivity contribution in [3.63, 3.8) is 0 Å². The predicted octanol–water partition coefficient (Wildman–Crippen LogP) is 4.31. The van der Waals surface area contributed by atoms with Crippen molar-refractivity contribution in [3.8, 4) is 5.75 Å². The maximum atomic E-state index is 12.5. The Balaban J connectivity index is 2.81. The lowest BCUT2D eigenvalue weighted by Gasteiger charge is -2.29. The van der Waals surface area contributed by atoms with Gasteiger partial charge in [0.2, 0.25) is 0 Å². The second-order valence-electron chi connectivity index (χ2n) is 5.05. The van der Waals surface area contributed by atoms with E-state index < -0.39 is 11.4 Å². The number of aliphatic carboxylic acids is 1. The molecule has 1 rings (SSSR count). The van der Waals surface area contributed by atoms with Crippen molar-refractivity contribution >= 4 is 23.5 Å². The van der Waals surface area contributed by atoms with Gasteiger partial charge in [-0.2, -0.15) is 0 Å². The SMILES string of the molecule is CCC(CC)(CCCC(=O)O)C(=O)Oc1ccccc1Cl. The molecule has 0 radical (unpaired) electrons. The molecule has 1 aromatic carbocycles. The van der Waals surface area contributed by atoms with E-state index in [2.05, 4.69) is 0 Å². The standard InChI is InChI=1S/C16H21ClO4/c1-3-16(4-2,11-7-10-14(18)19)15(20)21-13-9-6-5-8-12(13)17/h5-6,8-9H,3-4,7,10-11H2,1-2H3,(H,18,19). The fourth-order valence-corrected chi connectivity index (χ4v) is 2.48. The summed E-state index contributed by atoms with van der Waals surface area (Å²) in [5, 5.41) is 9.12. The van der Waals surface area contributed by atoms with Crippen LogP contribution in [0.3, 0.4) is 0 Å². The third-order valence-electron chi connectivity index (χ3n) is 3.87. The summed E-state index contributed by atoms with van der Waals surface area (Å²) in [4.78, 5) is 23.1. The summed E-state index contributed by atoms with van der Waals surface area (Å²) in [6.07, 6.45) is 2.21. The van der Waals surface area contributed by atoms with Gasteiger partial charge in [-0.15, -0.1) is 0 Å². The maximum absolute atomic E-state index is 12.5. The average molecular weight is 313 g/mol. The van der Waals surface area contributed by atoms with Gasteiger partial charge in [-0.1, -0.05) is 37.6 Å². The molecule has 0 amide bonds. The third-order valence-corrected chi connectivity index (χ3v) is 4.18. The number of benzene rings is 1. The van der Waals surface area contributed by atoms with Crippen molar-refractivity contribution in [2.45, 2.75) is 46.0 Å². The summed E-state index contributed by atoms with van der Waals surface area (Å²) in [6, 6.07) is 6.82. The first kappa shape index (κ1) is 17.5. The topological polar surface area (TPSA) is 63.6 Å². The highest BCUT2D eigenvalue weighted by molar-refractivity contribution is 6.32. The van der Waals surface area contributed by atoms with Gasteiger partial charge in [0.25, 0.3) is 0 Å². The Hall–Kier alpha value is -1.55. The lowest BCUT2D eigenvalue weighted by molar-refractivity contribution is -0.148. The number of hydrogen-bond donors (Lipinski definition) is 1. The Kier molecular flexibility index (Phi) is 6.69. The van der Waals surface area contributed by atoms with Crippen LogP contribution >= 0.6 is 11.6 Å². The molecule has 5 heteroatoms. The number of carboxylic acids is 1. The Morgan fingerprint density at radius 2 is 1.86 bits per heavy atom. The molecule has 0 aliphatic heterocycles. The van der Waals surface area contributed by atoms with Gasteiger partial charge in [0.05, 0.1) is 10.4 Å². The number of hydrogen-bond acceptors (Lipinski definition) is 3. The molecular formula is C16H21ClO4. The molecule has 1 N–H and O–H groups in total. The fraction of sp³-hybridized carbons (Fsp3) is 0.500. The molecule has 0 aliphatic carbocycles. The summed E-state index contributed by atoms with van der Waals surface area (Å²) >= 11 is 6.00. The molecule has 21 heavy (non-hydrogen) atoms. The second kappa shape index (κ2) is 8.03. The van der Waals surface area contributed by atoms with E-state index in [1.807, 2.05) is 13.8 Å². The molecule has 0 heterocycles. The van der Waals surface area contributed by atoms with Crippen molar-refractivity contribution < 1.29 is 19.4 Å². The van der Waals surface area contributed by atoms with Gasteiger partial charge < -0.3 is 9.84 Å². The molecule has 0 spiro atoms. The van der Waals surface area contributed by atoms with Crippen LogP contribution in [0.1, 0.15) is 46.0 Å². The second-order valence-corrected chi connectivity index (χ2v) is 5.46. The van der Waals surface area contributed by atoms with Crippen LogP contribution in [0.4, 0.5) is 0 Å². The molecule has 4 nitrogen and oxygen atoms in total. The fourth-order valence-electron chi connectivity index (χ4n) is 2.31. The van der Waals surface area contributed by atoms with Crippen molar-refractivity contribution in [1.29, 1.82) is 0 Å². The van der Waals surface area contributed by atoms with E-state index in [-0.39, 0.29) is 12.4 Å². The van der Waals surface area contributed by atoms with Crippen LogP contribution in [0.5, 0.6) is 5.75 Å². The van der Waals surface area contributed by atoms with Crippen LogP contribution in [0.2, 0.25) is 5.02 Å². The third kappa shape index (κ3) is 4.74. The minimum Gasteiger partial charge on any atom is -0.481 e. The van der Waals surface area contributed by atoms with Crippen LogP contribution in [0.15, 0.2) is 24.3 Å². The van der Waals surface area contributed by atoms with Gasteiger partial charge in [0.1, 0.15) is 5.75 Å². The molecule has 1 aromatic rings. The molecule has 0 saturated heterocycles. The molecule has 116 valence electrons. The van der Waals surface area contributed by atoms with Crippen molar-refractivity contribution in [2.24, 2.45) is 5.41 Å². The number of carbonyl (C=O) groups excluding carboxylic acids is 1. The smallest absolute Gasteiger partial charge is 0.317 e. The lowest BCUT2D eigenvalue weighted by atomic mass is 9.78. The highest BCUT2D eigenvalue weighted by Crippen LogP contribution is 2.36. The quantitative estimate of drug-likeness (QED) is 0.574. The normalized spacial score (nSPS) is 11.2. The van der Waals surface area contributed by atoms with Gasteiger partial charge in [0.15, 0.2) is 0 Å². The number of rotatable bonds is 8. The van der Waals surface area contributed by atoms with Crippen molar-refractivity contribution in [3.05, 3.63) is 29.3 Å². The van der Waals surface area contributed by atoms with E-state index >= 15 is 0 Å². The number of para-hydroxylation sites is 1. The lowest BCUT2D eigenvalue weighted by Crippen LogP contribution is -2.34. The molecule has 0 aromatic heterocycles. The van der Waals surface area contributed by atoms with Crippen LogP contribution in [-0.2, 0) is 9.59 Å². The summed E-state index contributed by atoms with van der Waals surface area (Å²) in [7, 11) is 0. The number of carbonyl (C=O) groups is 2. The highest BCUT2D eigenvalue weighted by atomic mass is 35.5. The van der Waals surface area contributed by atoms with Gasteiger partial charge >= 0.3 is 11.9 Å². The minimum absolute atomic E-state index is 0.0567. The van der Waals surface area contributed by atoms with E-state index in [0.29, 0.717) is 36.5 Å². The first-order valence-corrected chi connectivity index (χ1v) is 7.51. The van der Waals surface area contributed by atoms with E-state index in [1.54, 1.807) is 24.3 Å². The van der Waals surface area contributed by atoms with E-state index in [9.17, 15) is 9.59 Å². The molecule has 0 atom stereocenters. The molecule has 0 bridgehead atoms. The van der Waals surface area contributed by atoms with Crippen LogP contribution in [-0.4, -0.2) is 17.0 Å². The van der Waals surface area contributed by atoms with Gasteiger partial charge in [-0.3, -0.25) is 9.59 Å². The number of ether oxygens (including phenoxy) is 1. The first-order chi connectivity index (χ1) is 9.95. The number of carboxylic acid groups (broad SMARTS) is 1. The van der Waals surface area contributed by atoms with Gasteiger partial charge in [-0.05, 0) is 37.8 Å². The Morgan fingerprint density at radius 3 is 2.38 bits per heavy atom. The molecule has 0 unspecified atom stereocenters. The van der Waals surface area contributed by atoms with E-state index in [1.165, 1.54) is 0 Å². The number of halogens is 1. The molecule has 0 saturated carbocycles. The minimum atomic E-state index is -0.851. The van der Waals surface area contributed by atoms with Crippen LogP contribution in [0.25, 0.3) is 0 Å². The van der Waals surface area contributed by atoms with E-state index in [0.717, 1.165) is 0 Å². The molecule has 0 fully saturated rings. The summed E-state index contributed by atoms with van der Waals surface area (Å²) in [5.41, 5.74) is -0.658. The maximum Gasteiger partial charge on any atom is 0.317 e. The predicted molar refractivity (Wildman–Crippen MR) is 81.6 cm³/mol. The Labute approximate surface area is 130 Å². The number of esters is 1. The van der Waals surface area contributed by atoms with Gasteiger partial charge in [0, 0.05) is 6.42 Å². The average Bonchev–Trinajstić information content (AvgIpc) is 2.46.